The summed E-state index contributed by atoms with van der Waals surface area (Å²) in [6.07, 6.45) is 4.11. The third-order valence-corrected chi connectivity index (χ3v) is 4.51. The Labute approximate surface area is 137 Å². The molecule has 0 fully saturated rings. The second-order valence-corrected chi connectivity index (χ2v) is 6.16. The standard InChI is InChI=1S/C17H18F3N3O/c1-9(10-6-12(18)15(20)13(19)7-10)22-17(24)11-4-3-5-14-16(11)21-8-23(14)2/h6-9,11H,3-5H2,1-2H3,(H,22,24). The first-order chi connectivity index (χ1) is 11.4. The largest absolute Gasteiger partial charge is 0.349 e. The number of carbonyl (C=O) groups is 1. The maximum absolute atomic E-state index is 13.4. The highest BCUT2D eigenvalue weighted by atomic mass is 19.2. The number of aromatic nitrogens is 2. The fourth-order valence-electron chi connectivity index (χ4n) is 3.16. The summed E-state index contributed by atoms with van der Waals surface area (Å²) >= 11 is 0. The van der Waals surface area contributed by atoms with Gasteiger partial charge in [-0.2, -0.15) is 0 Å². The summed E-state index contributed by atoms with van der Waals surface area (Å²) in [5, 5.41) is 2.75. The summed E-state index contributed by atoms with van der Waals surface area (Å²) in [6.45, 7) is 1.60. The van der Waals surface area contributed by atoms with Gasteiger partial charge in [-0.15, -0.1) is 0 Å². The second kappa shape index (κ2) is 6.30. The maximum Gasteiger partial charge on any atom is 0.229 e. The van der Waals surface area contributed by atoms with Crippen molar-refractivity contribution in [1.82, 2.24) is 14.9 Å². The molecule has 1 aliphatic rings. The Kier molecular flexibility index (Phi) is 4.34. The Hall–Kier alpha value is -2.31. The monoisotopic (exact) mass is 337 g/mol. The van der Waals surface area contributed by atoms with E-state index in [2.05, 4.69) is 10.3 Å². The van der Waals surface area contributed by atoms with E-state index in [0.717, 1.165) is 36.4 Å². The predicted octanol–water partition coefficient (Wildman–Crippen LogP) is 3.13. The van der Waals surface area contributed by atoms with Crippen molar-refractivity contribution >= 4 is 5.91 Å². The number of halogens is 3. The summed E-state index contributed by atoms with van der Waals surface area (Å²) in [4.78, 5) is 16.9. The molecule has 0 bridgehead atoms. The van der Waals surface area contributed by atoms with Gasteiger partial charge in [0.15, 0.2) is 17.5 Å². The van der Waals surface area contributed by atoms with E-state index in [4.69, 9.17) is 0 Å². The Morgan fingerprint density at radius 3 is 2.67 bits per heavy atom. The molecule has 1 amide bonds. The van der Waals surface area contributed by atoms with Gasteiger partial charge in [0.1, 0.15) is 0 Å². The first-order valence-corrected chi connectivity index (χ1v) is 7.83. The van der Waals surface area contributed by atoms with Crippen LogP contribution in [0.3, 0.4) is 0 Å². The molecule has 0 saturated carbocycles. The predicted molar refractivity (Wildman–Crippen MR) is 81.8 cm³/mol. The molecule has 1 aromatic heterocycles. The zero-order valence-corrected chi connectivity index (χ0v) is 13.4. The third kappa shape index (κ3) is 2.90. The van der Waals surface area contributed by atoms with Crippen molar-refractivity contribution in [3.63, 3.8) is 0 Å². The molecule has 1 heterocycles. The molecule has 1 aromatic carbocycles. The van der Waals surface area contributed by atoms with Crippen LogP contribution in [0.25, 0.3) is 0 Å². The van der Waals surface area contributed by atoms with Gasteiger partial charge in [-0.1, -0.05) is 0 Å². The normalized spacial score (nSPS) is 18.1. The number of carbonyl (C=O) groups excluding carboxylic acids is 1. The van der Waals surface area contributed by atoms with Crippen LogP contribution in [0.2, 0.25) is 0 Å². The second-order valence-electron chi connectivity index (χ2n) is 6.16. The number of imidazole rings is 1. The van der Waals surface area contributed by atoms with Crippen LogP contribution in [0.1, 0.15) is 48.7 Å². The molecule has 3 rings (SSSR count). The van der Waals surface area contributed by atoms with Crippen molar-refractivity contribution < 1.29 is 18.0 Å². The Balaban J connectivity index is 1.78. The van der Waals surface area contributed by atoms with E-state index >= 15 is 0 Å². The van der Waals surface area contributed by atoms with Crippen LogP contribution in [-0.4, -0.2) is 15.5 Å². The molecule has 24 heavy (non-hydrogen) atoms. The minimum absolute atomic E-state index is 0.178. The molecule has 0 spiro atoms. The molecule has 2 atom stereocenters. The lowest BCUT2D eigenvalue weighted by molar-refractivity contribution is -0.123. The van der Waals surface area contributed by atoms with Crippen molar-refractivity contribution in [2.24, 2.45) is 7.05 Å². The van der Waals surface area contributed by atoms with E-state index in [1.165, 1.54) is 0 Å². The number of hydrogen-bond acceptors (Lipinski definition) is 2. The quantitative estimate of drug-likeness (QED) is 0.875. The molecule has 4 nitrogen and oxygen atoms in total. The number of fused-ring (bicyclic) bond motifs is 1. The molecular formula is C17H18F3N3O. The van der Waals surface area contributed by atoms with Gasteiger partial charge in [0, 0.05) is 12.7 Å². The maximum atomic E-state index is 13.4. The number of benzene rings is 1. The van der Waals surface area contributed by atoms with Gasteiger partial charge in [0.25, 0.3) is 0 Å². The van der Waals surface area contributed by atoms with Gasteiger partial charge in [0.2, 0.25) is 5.91 Å². The Bertz CT molecular complexity index is 764. The fraction of sp³-hybridized carbons (Fsp3) is 0.412. The number of rotatable bonds is 3. The summed E-state index contributed by atoms with van der Waals surface area (Å²) in [7, 11) is 1.89. The van der Waals surface area contributed by atoms with Crippen molar-refractivity contribution in [3.8, 4) is 0 Å². The van der Waals surface area contributed by atoms with Crippen LogP contribution in [0.4, 0.5) is 13.2 Å². The number of amides is 1. The molecule has 2 unspecified atom stereocenters. The Morgan fingerprint density at radius 2 is 2.00 bits per heavy atom. The van der Waals surface area contributed by atoms with Gasteiger partial charge < -0.3 is 9.88 Å². The number of nitrogens with zero attached hydrogens (tertiary/aromatic N) is 2. The van der Waals surface area contributed by atoms with Gasteiger partial charge in [-0.3, -0.25) is 4.79 Å². The van der Waals surface area contributed by atoms with Crippen molar-refractivity contribution in [2.75, 3.05) is 0 Å². The molecule has 1 aliphatic carbocycles. The fourth-order valence-corrected chi connectivity index (χ4v) is 3.16. The summed E-state index contributed by atoms with van der Waals surface area (Å²) in [5.41, 5.74) is 1.97. The molecule has 1 N–H and O–H groups in total. The number of hydrogen-bond donors (Lipinski definition) is 1. The van der Waals surface area contributed by atoms with Crippen LogP contribution in [0.15, 0.2) is 18.5 Å². The van der Waals surface area contributed by atoms with Crippen LogP contribution in [0, 0.1) is 17.5 Å². The summed E-state index contributed by atoms with van der Waals surface area (Å²) in [6, 6.07) is 1.16. The van der Waals surface area contributed by atoms with Crippen LogP contribution in [-0.2, 0) is 18.3 Å². The molecule has 0 aliphatic heterocycles. The molecule has 7 heteroatoms. The molecule has 0 radical (unpaired) electrons. The first kappa shape index (κ1) is 16.5. The smallest absolute Gasteiger partial charge is 0.229 e. The third-order valence-electron chi connectivity index (χ3n) is 4.51. The minimum atomic E-state index is -1.51. The van der Waals surface area contributed by atoms with E-state index in [1.54, 1.807) is 13.3 Å². The van der Waals surface area contributed by atoms with Crippen molar-refractivity contribution in [2.45, 2.75) is 38.1 Å². The highest BCUT2D eigenvalue weighted by Crippen LogP contribution is 2.31. The Morgan fingerprint density at radius 1 is 1.33 bits per heavy atom. The zero-order valence-electron chi connectivity index (χ0n) is 13.4. The summed E-state index contributed by atoms with van der Waals surface area (Å²) < 4.78 is 41.7. The van der Waals surface area contributed by atoms with Crippen LogP contribution >= 0.6 is 0 Å². The van der Waals surface area contributed by atoms with Crippen molar-refractivity contribution in [1.29, 1.82) is 0 Å². The van der Waals surface area contributed by atoms with Gasteiger partial charge in [0.05, 0.1) is 24.0 Å². The van der Waals surface area contributed by atoms with Crippen molar-refractivity contribution in [3.05, 3.63) is 52.9 Å². The molecule has 0 saturated heterocycles. The van der Waals surface area contributed by atoms with Crippen LogP contribution in [0.5, 0.6) is 0 Å². The van der Waals surface area contributed by atoms with Crippen LogP contribution < -0.4 is 5.32 Å². The average Bonchev–Trinajstić information content (AvgIpc) is 2.93. The highest BCUT2D eigenvalue weighted by Gasteiger charge is 2.30. The average molecular weight is 337 g/mol. The highest BCUT2D eigenvalue weighted by molar-refractivity contribution is 5.84. The van der Waals surface area contributed by atoms with E-state index < -0.39 is 23.5 Å². The lowest BCUT2D eigenvalue weighted by atomic mass is 9.88. The molecular weight excluding hydrogens is 319 g/mol. The SMILES string of the molecule is CC(NC(=O)C1CCCc2c1ncn2C)c1cc(F)c(F)c(F)c1. The van der Waals surface area contributed by atoms with Gasteiger partial charge in [-0.25, -0.2) is 18.2 Å². The summed E-state index contributed by atoms with van der Waals surface area (Å²) in [5.74, 6) is -4.67. The first-order valence-electron chi connectivity index (χ1n) is 7.83. The van der Waals surface area contributed by atoms with E-state index in [-0.39, 0.29) is 17.4 Å². The topological polar surface area (TPSA) is 46.9 Å². The van der Waals surface area contributed by atoms with E-state index in [0.29, 0.717) is 6.42 Å². The van der Waals surface area contributed by atoms with E-state index in [9.17, 15) is 18.0 Å². The number of nitrogens with one attached hydrogen (secondary N) is 1. The van der Waals surface area contributed by atoms with Gasteiger partial charge in [-0.05, 0) is 43.9 Å². The van der Waals surface area contributed by atoms with E-state index in [1.807, 2.05) is 11.6 Å². The lowest BCUT2D eigenvalue weighted by Crippen LogP contribution is -2.33. The molecule has 2 aromatic rings. The van der Waals surface area contributed by atoms with Gasteiger partial charge >= 0.3 is 0 Å². The molecule has 128 valence electrons. The number of aryl methyl sites for hydroxylation is 1. The zero-order chi connectivity index (χ0) is 17.4. The lowest BCUT2D eigenvalue weighted by Gasteiger charge is -2.24. The minimum Gasteiger partial charge on any atom is -0.349 e.